The number of nitrogens with zero attached hydrogens (tertiary/aromatic N) is 3. The lowest BCUT2D eigenvalue weighted by molar-refractivity contribution is 0.918. The first-order valence-corrected chi connectivity index (χ1v) is 3.43. The molecule has 0 spiro atoms. The molecule has 0 amide bonds. The molecule has 11 heavy (non-hydrogen) atoms. The van der Waals surface area contributed by atoms with Crippen LogP contribution in [-0.2, 0) is 6.42 Å². The summed E-state index contributed by atoms with van der Waals surface area (Å²) in [5.74, 6) is 0.546. The van der Waals surface area contributed by atoms with Crippen molar-refractivity contribution in [1.82, 2.24) is 10.2 Å². The van der Waals surface area contributed by atoms with E-state index in [0.717, 1.165) is 12.1 Å². The highest BCUT2D eigenvalue weighted by Gasteiger charge is 1.91. The summed E-state index contributed by atoms with van der Waals surface area (Å²) in [7, 11) is 0. The van der Waals surface area contributed by atoms with E-state index >= 15 is 0 Å². The Hall–Kier alpha value is -1.45. The zero-order chi connectivity index (χ0) is 8.10. The van der Waals surface area contributed by atoms with Gasteiger partial charge in [-0.3, -0.25) is 0 Å². The van der Waals surface area contributed by atoms with Gasteiger partial charge in [-0.15, -0.1) is 5.10 Å². The van der Waals surface area contributed by atoms with Crippen LogP contribution in [0.15, 0.2) is 17.1 Å². The monoisotopic (exact) mass is 150 g/mol. The van der Waals surface area contributed by atoms with E-state index in [1.807, 2.05) is 13.0 Å². The molecule has 2 N–H and O–H groups in total. The summed E-state index contributed by atoms with van der Waals surface area (Å²) in [4.78, 5) is 3.76. The van der Waals surface area contributed by atoms with Crippen molar-refractivity contribution in [3.05, 3.63) is 17.8 Å². The Kier molecular flexibility index (Phi) is 2.54. The average molecular weight is 150 g/mol. The molecule has 0 saturated heterocycles. The van der Waals surface area contributed by atoms with E-state index in [1.165, 1.54) is 6.34 Å². The smallest absolute Gasteiger partial charge is 0.175 e. The third kappa shape index (κ3) is 2.00. The van der Waals surface area contributed by atoms with Gasteiger partial charge in [-0.2, -0.15) is 5.10 Å². The van der Waals surface area contributed by atoms with Crippen LogP contribution in [-0.4, -0.2) is 16.5 Å². The first-order chi connectivity index (χ1) is 5.36. The van der Waals surface area contributed by atoms with Gasteiger partial charge in [-0.25, -0.2) is 4.99 Å². The molecule has 1 aromatic heterocycles. The van der Waals surface area contributed by atoms with Crippen LogP contribution in [0.4, 0.5) is 5.82 Å². The molecule has 58 valence electrons. The number of nitrogens with two attached hydrogens (primary N) is 1. The molecule has 4 heteroatoms. The number of rotatable bonds is 2. The Balaban J connectivity index is 2.82. The Morgan fingerprint density at radius 3 is 2.82 bits per heavy atom. The minimum atomic E-state index is 0.546. The third-order valence-corrected chi connectivity index (χ3v) is 1.27. The molecule has 0 unspecified atom stereocenters. The normalized spacial score (nSPS) is 10.6. The van der Waals surface area contributed by atoms with Crippen molar-refractivity contribution in [3.63, 3.8) is 0 Å². The molecular formula is C7H10N4. The van der Waals surface area contributed by atoms with Gasteiger partial charge in [0.25, 0.3) is 0 Å². The van der Waals surface area contributed by atoms with Gasteiger partial charge in [0.15, 0.2) is 5.82 Å². The molecule has 0 aromatic carbocycles. The number of aromatic nitrogens is 2. The van der Waals surface area contributed by atoms with Gasteiger partial charge in [-0.05, 0) is 18.6 Å². The Morgan fingerprint density at radius 2 is 2.36 bits per heavy atom. The SMILES string of the molecule is CCc1ccc(N=CN)nn1. The van der Waals surface area contributed by atoms with Gasteiger partial charge in [-0.1, -0.05) is 6.92 Å². The molecule has 0 radical (unpaired) electrons. The van der Waals surface area contributed by atoms with E-state index in [2.05, 4.69) is 15.2 Å². The van der Waals surface area contributed by atoms with E-state index in [-0.39, 0.29) is 0 Å². The number of aryl methyl sites for hydroxylation is 1. The largest absolute Gasteiger partial charge is 0.390 e. The molecule has 0 bridgehead atoms. The van der Waals surface area contributed by atoms with Crippen molar-refractivity contribution < 1.29 is 0 Å². The lowest BCUT2D eigenvalue weighted by Crippen LogP contribution is -1.91. The molecular weight excluding hydrogens is 140 g/mol. The van der Waals surface area contributed by atoms with Gasteiger partial charge >= 0.3 is 0 Å². The lowest BCUT2D eigenvalue weighted by atomic mass is 10.3. The molecule has 1 aromatic rings. The molecule has 0 fully saturated rings. The highest BCUT2D eigenvalue weighted by atomic mass is 15.2. The molecule has 0 aliphatic heterocycles. The van der Waals surface area contributed by atoms with Crippen molar-refractivity contribution in [3.8, 4) is 0 Å². The summed E-state index contributed by atoms with van der Waals surface area (Å²) in [5, 5.41) is 7.71. The van der Waals surface area contributed by atoms with Gasteiger partial charge in [0, 0.05) is 0 Å². The van der Waals surface area contributed by atoms with Crippen molar-refractivity contribution >= 4 is 12.2 Å². The van der Waals surface area contributed by atoms with Crippen LogP contribution in [0, 0.1) is 0 Å². The minimum absolute atomic E-state index is 0.546. The van der Waals surface area contributed by atoms with Crippen molar-refractivity contribution in [2.45, 2.75) is 13.3 Å². The lowest BCUT2D eigenvalue weighted by Gasteiger charge is -1.92. The highest BCUT2D eigenvalue weighted by molar-refractivity contribution is 5.56. The van der Waals surface area contributed by atoms with Crippen LogP contribution in [0.25, 0.3) is 0 Å². The highest BCUT2D eigenvalue weighted by Crippen LogP contribution is 2.04. The second-order valence-electron chi connectivity index (χ2n) is 2.01. The van der Waals surface area contributed by atoms with E-state index in [4.69, 9.17) is 5.73 Å². The molecule has 0 atom stereocenters. The van der Waals surface area contributed by atoms with E-state index in [1.54, 1.807) is 6.07 Å². The quantitative estimate of drug-likeness (QED) is 0.497. The molecule has 1 heterocycles. The number of hydrogen-bond donors (Lipinski definition) is 1. The zero-order valence-electron chi connectivity index (χ0n) is 6.36. The molecule has 0 aliphatic rings. The molecule has 4 nitrogen and oxygen atoms in total. The van der Waals surface area contributed by atoms with Crippen LogP contribution in [0.5, 0.6) is 0 Å². The standard InChI is InChI=1S/C7H10N4/c1-2-6-3-4-7(9-5-8)11-10-6/h3-5H,2H2,1H3,(H2,8,9,11). The van der Waals surface area contributed by atoms with Crippen LogP contribution >= 0.6 is 0 Å². The van der Waals surface area contributed by atoms with E-state index in [9.17, 15) is 0 Å². The van der Waals surface area contributed by atoms with Gasteiger partial charge < -0.3 is 5.73 Å². The van der Waals surface area contributed by atoms with E-state index in [0.29, 0.717) is 5.82 Å². The third-order valence-electron chi connectivity index (χ3n) is 1.27. The second-order valence-corrected chi connectivity index (χ2v) is 2.01. The summed E-state index contributed by atoms with van der Waals surface area (Å²) < 4.78 is 0. The van der Waals surface area contributed by atoms with Crippen molar-refractivity contribution in [2.24, 2.45) is 10.7 Å². The fourth-order valence-corrected chi connectivity index (χ4v) is 0.687. The summed E-state index contributed by atoms with van der Waals surface area (Å²) in [6.07, 6.45) is 2.09. The summed E-state index contributed by atoms with van der Waals surface area (Å²) in [5.41, 5.74) is 6.03. The predicted octanol–water partition coefficient (Wildman–Crippen LogP) is 0.657. The maximum absolute atomic E-state index is 5.07. The molecule has 0 saturated carbocycles. The zero-order valence-corrected chi connectivity index (χ0v) is 6.36. The first kappa shape index (κ1) is 7.65. The Bertz CT molecular complexity index is 239. The Labute approximate surface area is 65.2 Å². The van der Waals surface area contributed by atoms with E-state index < -0.39 is 0 Å². The van der Waals surface area contributed by atoms with Gasteiger partial charge in [0.1, 0.15) is 0 Å². The second kappa shape index (κ2) is 3.65. The van der Waals surface area contributed by atoms with Crippen LogP contribution in [0.2, 0.25) is 0 Å². The fraction of sp³-hybridized carbons (Fsp3) is 0.286. The fourth-order valence-electron chi connectivity index (χ4n) is 0.687. The van der Waals surface area contributed by atoms with Crippen LogP contribution in [0.3, 0.4) is 0 Å². The average Bonchev–Trinajstić information content (AvgIpc) is 2.07. The Morgan fingerprint density at radius 1 is 1.55 bits per heavy atom. The minimum Gasteiger partial charge on any atom is -0.390 e. The summed E-state index contributed by atoms with van der Waals surface area (Å²) >= 11 is 0. The maximum Gasteiger partial charge on any atom is 0.175 e. The van der Waals surface area contributed by atoms with Crippen LogP contribution in [0.1, 0.15) is 12.6 Å². The predicted molar refractivity (Wildman–Crippen MR) is 43.7 cm³/mol. The number of aliphatic imine (C=N–C) groups is 1. The summed E-state index contributed by atoms with van der Waals surface area (Å²) in [6, 6.07) is 3.67. The van der Waals surface area contributed by atoms with Gasteiger partial charge in [0.2, 0.25) is 0 Å². The van der Waals surface area contributed by atoms with Gasteiger partial charge in [0.05, 0.1) is 12.0 Å². The molecule has 0 aliphatic carbocycles. The number of hydrogen-bond acceptors (Lipinski definition) is 3. The first-order valence-electron chi connectivity index (χ1n) is 3.43. The van der Waals surface area contributed by atoms with Crippen molar-refractivity contribution in [1.29, 1.82) is 0 Å². The maximum atomic E-state index is 5.07. The van der Waals surface area contributed by atoms with Crippen LogP contribution < -0.4 is 5.73 Å². The molecule has 1 rings (SSSR count). The topological polar surface area (TPSA) is 64.2 Å². The van der Waals surface area contributed by atoms with Crippen molar-refractivity contribution in [2.75, 3.05) is 0 Å². The summed E-state index contributed by atoms with van der Waals surface area (Å²) in [6.45, 7) is 2.02.